The molecule has 2 amide bonds. The van der Waals surface area contributed by atoms with E-state index in [1.165, 1.54) is 46.9 Å². The molecule has 1 aromatic rings. The van der Waals surface area contributed by atoms with E-state index in [0.717, 1.165) is 0 Å². The molecule has 1 saturated heterocycles. The molecule has 32 heavy (non-hydrogen) atoms. The Bertz CT molecular complexity index is 1010. The molecule has 0 saturated carbocycles. The predicted molar refractivity (Wildman–Crippen MR) is 119 cm³/mol. The van der Waals surface area contributed by atoms with Crippen LogP contribution in [0.15, 0.2) is 21.1 Å². The maximum Gasteiger partial charge on any atom is 0.353 e. The van der Waals surface area contributed by atoms with Gasteiger partial charge in [0.15, 0.2) is 10.8 Å². The van der Waals surface area contributed by atoms with Crippen LogP contribution in [0.5, 0.6) is 0 Å². The van der Waals surface area contributed by atoms with Crippen molar-refractivity contribution in [2.75, 3.05) is 38.1 Å². The van der Waals surface area contributed by atoms with Crippen molar-refractivity contribution >= 4 is 69.5 Å². The van der Waals surface area contributed by atoms with Crippen molar-refractivity contribution in [3.8, 4) is 0 Å². The molecule has 0 aliphatic carbocycles. The smallest absolute Gasteiger partial charge is 0.353 e. The molecule has 0 aromatic carbocycles. The predicted octanol–water partition coefficient (Wildman–Crippen LogP) is 0.138. The van der Waals surface area contributed by atoms with Crippen molar-refractivity contribution < 1.29 is 33.9 Å². The first-order valence-corrected chi connectivity index (χ1v) is 12.1. The maximum atomic E-state index is 12.9. The topological polar surface area (TPSA) is 160 Å². The summed E-state index contributed by atoms with van der Waals surface area (Å²) < 4.78 is 4.47. The number of oxime groups is 1. The van der Waals surface area contributed by atoms with Crippen LogP contribution in [0.2, 0.25) is 0 Å². The summed E-state index contributed by atoms with van der Waals surface area (Å²) in [6.07, 6.45) is 1.74. The molecule has 15 heteroatoms. The number of rotatable bonds is 9. The molecule has 0 spiro atoms. The Balaban J connectivity index is 1.79. The Labute approximate surface area is 194 Å². The fraction of sp³-hybridized carbons (Fsp3) is 0.412. The molecule has 172 valence electrons. The van der Waals surface area contributed by atoms with Gasteiger partial charge < -0.3 is 25.3 Å². The van der Waals surface area contributed by atoms with Gasteiger partial charge in [-0.1, -0.05) is 5.16 Å². The monoisotopic (exact) mass is 501 g/mol. The number of nitrogens with one attached hydrogen (secondary N) is 2. The molecular weight excluding hydrogens is 482 g/mol. The van der Waals surface area contributed by atoms with Gasteiger partial charge in [-0.2, -0.15) is 0 Å². The number of hydrogen-bond donors (Lipinski definition) is 3. The molecule has 1 aromatic heterocycles. The molecule has 3 heterocycles. The number of aliphatic carboxylic acids is 1. The second-order valence-corrected chi connectivity index (χ2v) is 9.08. The summed E-state index contributed by atoms with van der Waals surface area (Å²) in [6, 6.07) is -0.946. The van der Waals surface area contributed by atoms with E-state index in [1.54, 1.807) is 18.7 Å². The van der Waals surface area contributed by atoms with Crippen LogP contribution in [0.25, 0.3) is 0 Å². The highest BCUT2D eigenvalue weighted by Gasteiger charge is 2.54. The fourth-order valence-corrected chi connectivity index (χ4v) is 5.77. The highest BCUT2D eigenvalue weighted by molar-refractivity contribution is 8.05. The Morgan fingerprint density at radius 3 is 2.78 bits per heavy atom. The molecule has 2 aliphatic rings. The van der Waals surface area contributed by atoms with Gasteiger partial charge in [0.25, 0.3) is 11.8 Å². The lowest BCUT2D eigenvalue weighted by atomic mass is 10.0. The number of aromatic nitrogens is 1. The standard InChI is InChI=1S/C17H19N5O7S3/c1-18-17-19-7(5-32-17)10(21-29-4-9(23)28-2)13(24)20-11-14(25)22-12(16(26)27)8(30-3)6-31-15(11)22/h5,11,15H,4,6H2,1-3H3,(H,18,19)(H,20,24)(H,26,27)/b21-10+/t11?,15-/m1/s1. The molecule has 1 fully saturated rings. The van der Waals surface area contributed by atoms with E-state index in [9.17, 15) is 24.3 Å². The molecular formula is C17H19N5O7S3. The van der Waals surface area contributed by atoms with Gasteiger partial charge in [-0.05, 0) is 6.26 Å². The van der Waals surface area contributed by atoms with Gasteiger partial charge in [0.2, 0.25) is 6.61 Å². The third kappa shape index (κ3) is 4.68. The van der Waals surface area contributed by atoms with Gasteiger partial charge >= 0.3 is 11.9 Å². The van der Waals surface area contributed by atoms with Gasteiger partial charge in [0.05, 0.1) is 7.11 Å². The Kier molecular flexibility index (Phi) is 7.63. The lowest BCUT2D eigenvalue weighted by molar-refractivity contribution is -0.150. The molecule has 2 aliphatic heterocycles. The number of ether oxygens (including phenoxy) is 1. The van der Waals surface area contributed by atoms with Gasteiger partial charge in [-0.3, -0.25) is 14.5 Å². The average molecular weight is 502 g/mol. The van der Waals surface area contributed by atoms with Crippen molar-refractivity contribution in [2.45, 2.75) is 11.4 Å². The number of amides is 2. The minimum absolute atomic E-state index is 0.0646. The number of nitrogens with zero attached hydrogens (tertiary/aromatic N) is 3. The lowest BCUT2D eigenvalue weighted by Gasteiger charge is -2.49. The molecule has 12 nitrogen and oxygen atoms in total. The van der Waals surface area contributed by atoms with Gasteiger partial charge in [0.1, 0.15) is 22.8 Å². The van der Waals surface area contributed by atoms with Crippen LogP contribution in [0.4, 0.5) is 5.13 Å². The maximum absolute atomic E-state index is 12.9. The van der Waals surface area contributed by atoms with Crippen LogP contribution < -0.4 is 10.6 Å². The van der Waals surface area contributed by atoms with E-state index in [2.05, 4.69) is 25.5 Å². The molecule has 0 radical (unpaired) electrons. The number of β-lactam (4-membered cyclic amide) rings is 1. The summed E-state index contributed by atoms with van der Waals surface area (Å²) in [6.45, 7) is -0.519. The van der Waals surface area contributed by atoms with Crippen molar-refractivity contribution in [1.29, 1.82) is 0 Å². The van der Waals surface area contributed by atoms with Crippen molar-refractivity contribution in [3.63, 3.8) is 0 Å². The van der Waals surface area contributed by atoms with Crippen LogP contribution >= 0.6 is 34.9 Å². The molecule has 1 unspecified atom stereocenters. The number of esters is 1. The lowest BCUT2D eigenvalue weighted by Crippen LogP contribution is -2.71. The van der Waals surface area contributed by atoms with E-state index in [-0.39, 0.29) is 17.1 Å². The van der Waals surface area contributed by atoms with Crippen LogP contribution in [-0.2, 0) is 28.8 Å². The minimum Gasteiger partial charge on any atom is -0.477 e. The van der Waals surface area contributed by atoms with Crippen LogP contribution in [0, 0.1) is 0 Å². The summed E-state index contributed by atoms with van der Waals surface area (Å²) in [5.74, 6) is -2.77. The zero-order valence-electron chi connectivity index (χ0n) is 17.1. The third-order valence-corrected chi connectivity index (χ3v) is 7.56. The minimum atomic E-state index is -1.20. The summed E-state index contributed by atoms with van der Waals surface area (Å²) in [5.41, 5.74) is -0.125. The second kappa shape index (κ2) is 10.2. The Hall–Kier alpha value is -2.78. The average Bonchev–Trinajstić information content (AvgIpc) is 3.27. The normalized spacial score (nSPS) is 20.3. The number of carbonyl (C=O) groups excluding carboxylic acids is 3. The number of fused-ring (bicyclic) bond motifs is 1. The third-order valence-electron chi connectivity index (χ3n) is 4.41. The quantitative estimate of drug-likeness (QED) is 0.183. The van der Waals surface area contributed by atoms with Crippen molar-refractivity contribution in [2.24, 2.45) is 5.16 Å². The SMILES string of the molecule is CNc1nc(/C(=N\OCC(=O)OC)C(=O)NC2C(=O)N3C(C(=O)O)=C(SC)CS[C@H]23)cs1. The number of thioether (sulfide) groups is 2. The summed E-state index contributed by atoms with van der Waals surface area (Å²) in [7, 11) is 2.84. The van der Waals surface area contributed by atoms with Gasteiger partial charge in [-0.15, -0.1) is 34.9 Å². The number of carboxylic acid groups (broad SMARTS) is 1. The zero-order chi connectivity index (χ0) is 23.4. The van der Waals surface area contributed by atoms with Crippen LogP contribution in [0.3, 0.4) is 0 Å². The number of anilines is 1. The highest BCUT2D eigenvalue weighted by Crippen LogP contribution is 2.42. The summed E-state index contributed by atoms with van der Waals surface area (Å²) in [4.78, 5) is 59.5. The number of hydrogen-bond acceptors (Lipinski definition) is 12. The number of thiazole rings is 1. The molecule has 0 bridgehead atoms. The second-order valence-electron chi connectivity index (χ2n) is 6.22. The Morgan fingerprint density at radius 2 is 2.19 bits per heavy atom. The largest absolute Gasteiger partial charge is 0.477 e. The highest BCUT2D eigenvalue weighted by atomic mass is 32.2. The van der Waals surface area contributed by atoms with Crippen molar-refractivity contribution in [3.05, 3.63) is 21.7 Å². The fourth-order valence-electron chi connectivity index (χ4n) is 2.87. The number of methoxy groups -OCH3 is 1. The molecule has 3 N–H and O–H groups in total. The van der Waals surface area contributed by atoms with Gasteiger partial charge in [0, 0.05) is 23.1 Å². The van der Waals surface area contributed by atoms with Crippen molar-refractivity contribution in [1.82, 2.24) is 15.2 Å². The van der Waals surface area contributed by atoms with E-state index in [4.69, 9.17) is 4.84 Å². The van der Waals surface area contributed by atoms with E-state index < -0.39 is 41.8 Å². The van der Waals surface area contributed by atoms with E-state index in [0.29, 0.717) is 15.8 Å². The van der Waals surface area contributed by atoms with Gasteiger partial charge in [-0.25, -0.2) is 14.6 Å². The summed E-state index contributed by atoms with van der Waals surface area (Å²) in [5, 5.41) is 20.2. The number of carboxylic acids is 1. The molecule has 2 atom stereocenters. The van der Waals surface area contributed by atoms with Crippen LogP contribution in [0.1, 0.15) is 5.69 Å². The zero-order valence-corrected chi connectivity index (χ0v) is 19.6. The molecule has 3 rings (SSSR count). The van der Waals surface area contributed by atoms with Crippen LogP contribution in [-0.4, -0.2) is 88.6 Å². The van der Waals surface area contributed by atoms with E-state index >= 15 is 0 Å². The van der Waals surface area contributed by atoms with E-state index in [1.807, 2.05) is 0 Å². The first-order valence-electron chi connectivity index (χ1n) is 8.98. The first-order chi connectivity index (χ1) is 15.3. The number of carbonyl (C=O) groups is 4. The first kappa shape index (κ1) is 23.9. The summed E-state index contributed by atoms with van der Waals surface area (Å²) >= 11 is 3.84. The Morgan fingerprint density at radius 1 is 1.44 bits per heavy atom.